The molecule has 0 unspecified atom stereocenters. The molecule has 5 aromatic carbocycles. The summed E-state index contributed by atoms with van der Waals surface area (Å²) in [6, 6.07) is 38.6. The molecule has 1 aliphatic rings. The second kappa shape index (κ2) is 12.5. The van der Waals surface area contributed by atoms with Crippen molar-refractivity contribution in [3.05, 3.63) is 155 Å². The van der Waals surface area contributed by atoms with E-state index in [-0.39, 0.29) is 37.6 Å². The number of carbonyl (C=O) groups excluding carboxylic acids is 1. The Labute approximate surface area is 254 Å². The molecule has 7 heteroatoms. The van der Waals surface area contributed by atoms with Gasteiger partial charge in [0.15, 0.2) is 0 Å². The normalized spacial score (nSPS) is 12.6. The number of rotatable bonds is 11. The van der Waals surface area contributed by atoms with Gasteiger partial charge in [-0.2, -0.15) is 0 Å². The van der Waals surface area contributed by atoms with Crippen molar-refractivity contribution in [1.82, 2.24) is 0 Å². The van der Waals surface area contributed by atoms with Gasteiger partial charge in [-0.05, 0) is 81.9 Å². The Hall–Kier alpha value is -5.40. The lowest BCUT2D eigenvalue weighted by atomic mass is 9.68. The summed E-state index contributed by atoms with van der Waals surface area (Å²) in [5.41, 5.74) is 6.69. The minimum absolute atomic E-state index is 0.0383. The molecule has 0 fully saturated rings. The number of fused-ring (bicyclic) bond motifs is 3. The van der Waals surface area contributed by atoms with Gasteiger partial charge in [0.1, 0.15) is 31.3 Å². The fourth-order valence-electron chi connectivity index (χ4n) is 5.92. The number of carboxylic acid groups (broad SMARTS) is 1. The zero-order chi connectivity index (χ0) is 30.5. The molecule has 6 rings (SSSR count). The molecule has 0 atom stereocenters. The minimum atomic E-state index is -1.06. The quantitative estimate of drug-likeness (QED) is 0.135. The summed E-state index contributed by atoms with van der Waals surface area (Å²) >= 11 is 0. The monoisotopic (exact) mass is 586 g/mol. The van der Waals surface area contributed by atoms with Crippen molar-refractivity contribution in [1.29, 1.82) is 0 Å². The van der Waals surface area contributed by atoms with Crippen molar-refractivity contribution in [3.8, 4) is 22.6 Å². The van der Waals surface area contributed by atoms with Crippen molar-refractivity contribution >= 4 is 11.9 Å². The lowest BCUT2D eigenvalue weighted by Gasteiger charge is -2.34. The van der Waals surface area contributed by atoms with E-state index in [0.717, 1.165) is 11.1 Å². The molecular formula is C37H30O7. The van der Waals surface area contributed by atoms with Crippen LogP contribution in [-0.2, 0) is 10.2 Å². The van der Waals surface area contributed by atoms with Crippen molar-refractivity contribution in [2.75, 3.05) is 26.4 Å². The average molecular weight is 587 g/mol. The second-order valence-electron chi connectivity index (χ2n) is 10.3. The van der Waals surface area contributed by atoms with Gasteiger partial charge in [-0.3, -0.25) is 0 Å². The van der Waals surface area contributed by atoms with Crippen LogP contribution in [0.4, 0.5) is 0 Å². The largest absolute Gasteiger partial charge is 0.491 e. The van der Waals surface area contributed by atoms with Gasteiger partial charge < -0.3 is 24.4 Å². The third-order valence-corrected chi connectivity index (χ3v) is 7.84. The standard InChI is InChI=1S/C37H30O7/c38-21-22-42-29-17-13-27(14-18-29)37(33-7-3-1-5-31(33)32-6-2-4-8-34(32)37)28-15-19-30(20-16-28)43-23-24-44-36(41)26-11-9-25(10-12-26)35(39)40/h1-20,38H,21-24H2,(H,39,40). The second-order valence-corrected chi connectivity index (χ2v) is 10.3. The molecule has 5 aromatic rings. The Morgan fingerprint density at radius 2 is 1.05 bits per heavy atom. The SMILES string of the molecule is O=C(O)c1ccc(C(=O)OCCOc2ccc(C3(c4ccc(OCCO)cc4)c4ccccc4-c4ccccc43)cc2)cc1. The number of esters is 1. The van der Waals surface area contributed by atoms with Gasteiger partial charge >= 0.3 is 11.9 Å². The number of ether oxygens (including phenoxy) is 3. The molecule has 2 N–H and O–H groups in total. The van der Waals surface area contributed by atoms with Crippen LogP contribution in [0.1, 0.15) is 43.0 Å². The van der Waals surface area contributed by atoms with Crippen LogP contribution in [0.2, 0.25) is 0 Å². The summed E-state index contributed by atoms with van der Waals surface area (Å²) in [7, 11) is 0. The number of aliphatic hydroxyl groups is 1. The van der Waals surface area contributed by atoms with Crippen LogP contribution in [-0.4, -0.2) is 48.6 Å². The molecule has 0 bridgehead atoms. The smallest absolute Gasteiger partial charge is 0.338 e. The van der Waals surface area contributed by atoms with E-state index in [1.807, 2.05) is 24.3 Å². The number of hydrogen-bond acceptors (Lipinski definition) is 6. The van der Waals surface area contributed by atoms with Gasteiger partial charge in [0.25, 0.3) is 0 Å². The molecule has 0 heterocycles. The zero-order valence-corrected chi connectivity index (χ0v) is 23.8. The molecule has 1 aliphatic carbocycles. The van der Waals surface area contributed by atoms with Crippen molar-refractivity contribution in [2.45, 2.75) is 5.41 Å². The molecule has 0 saturated heterocycles. The van der Waals surface area contributed by atoms with Gasteiger partial charge in [-0.15, -0.1) is 0 Å². The number of carbonyl (C=O) groups is 2. The van der Waals surface area contributed by atoms with E-state index < -0.39 is 17.4 Å². The van der Waals surface area contributed by atoms with Gasteiger partial charge in [-0.25, -0.2) is 9.59 Å². The number of aliphatic hydroxyl groups excluding tert-OH is 1. The van der Waals surface area contributed by atoms with Crippen LogP contribution in [0.3, 0.4) is 0 Å². The first-order valence-electron chi connectivity index (χ1n) is 14.3. The van der Waals surface area contributed by atoms with E-state index in [2.05, 4.69) is 72.8 Å². The first-order chi connectivity index (χ1) is 21.5. The highest BCUT2D eigenvalue weighted by Crippen LogP contribution is 2.56. The average Bonchev–Trinajstić information content (AvgIpc) is 3.37. The van der Waals surface area contributed by atoms with Crippen LogP contribution < -0.4 is 9.47 Å². The summed E-state index contributed by atoms with van der Waals surface area (Å²) in [5, 5.41) is 18.2. The number of aromatic carboxylic acids is 1. The Kier molecular flexibility index (Phi) is 8.12. The predicted octanol–water partition coefficient (Wildman–Crippen LogP) is 6.35. The topological polar surface area (TPSA) is 102 Å². The summed E-state index contributed by atoms with van der Waals surface area (Å²) in [4.78, 5) is 23.4. The van der Waals surface area contributed by atoms with Crippen molar-refractivity contribution < 1.29 is 34.0 Å². The molecule has 0 amide bonds. The van der Waals surface area contributed by atoms with E-state index >= 15 is 0 Å². The molecule has 44 heavy (non-hydrogen) atoms. The molecule has 0 radical (unpaired) electrons. The zero-order valence-electron chi connectivity index (χ0n) is 23.8. The fraction of sp³-hybridized carbons (Fsp3) is 0.135. The Morgan fingerprint density at radius 3 is 1.55 bits per heavy atom. The number of hydrogen-bond donors (Lipinski definition) is 2. The van der Waals surface area contributed by atoms with Crippen molar-refractivity contribution in [3.63, 3.8) is 0 Å². The van der Waals surface area contributed by atoms with Gasteiger partial charge in [0.05, 0.1) is 23.1 Å². The fourth-order valence-corrected chi connectivity index (χ4v) is 5.92. The minimum Gasteiger partial charge on any atom is -0.491 e. The predicted molar refractivity (Wildman–Crippen MR) is 166 cm³/mol. The number of benzene rings is 5. The lowest BCUT2D eigenvalue weighted by molar-refractivity contribution is 0.0449. The van der Waals surface area contributed by atoms with E-state index in [0.29, 0.717) is 11.5 Å². The van der Waals surface area contributed by atoms with E-state index in [1.54, 1.807) is 0 Å². The van der Waals surface area contributed by atoms with E-state index in [1.165, 1.54) is 46.5 Å². The van der Waals surface area contributed by atoms with Gasteiger partial charge in [0.2, 0.25) is 0 Å². The summed E-state index contributed by atoms with van der Waals surface area (Å²) in [6.07, 6.45) is 0. The van der Waals surface area contributed by atoms with Crippen LogP contribution in [0.5, 0.6) is 11.5 Å². The highest BCUT2D eigenvalue weighted by molar-refractivity contribution is 5.92. The lowest BCUT2D eigenvalue weighted by Crippen LogP contribution is -2.28. The molecule has 7 nitrogen and oxygen atoms in total. The van der Waals surface area contributed by atoms with Gasteiger partial charge in [-0.1, -0.05) is 72.8 Å². The Bertz CT molecular complexity index is 1730. The Morgan fingerprint density at radius 1 is 0.568 bits per heavy atom. The third-order valence-electron chi connectivity index (χ3n) is 7.84. The number of carboxylic acids is 1. The highest BCUT2D eigenvalue weighted by Gasteiger charge is 2.45. The van der Waals surface area contributed by atoms with E-state index in [4.69, 9.17) is 19.3 Å². The molecular weight excluding hydrogens is 556 g/mol. The first-order valence-corrected chi connectivity index (χ1v) is 14.3. The highest BCUT2D eigenvalue weighted by atomic mass is 16.6. The molecule has 0 spiro atoms. The summed E-state index contributed by atoms with van der Waals surface area (Å²) in [5.74, 6) is -0.273. The Balaban J connectivity index is 1.24. The molecule has 0 aromatic heterocycles. The third kappa shape index (κ3) is 5.29. The summed E-state index contributed by atoms with van der Waals surface area (Å²) in [6.45, 7) is 0.378. The van der Waals surface area contributed by atoms with Crippen LogP contribution in [0.15, 0.2) is 121 Å². The maximum Gasteiger partial charge on any atom is 0.338 e. The molecule has 220 valence electrons. The van der Waals surface area contributed by atoms with Crippen molar-refractivity contribution in [2.24, 2.45) is 0 Å². The molecule has 0 saturated carbocycles. The van der Waals surface area contributed by atoms with E-state index in [9.17, 15) is 14.7 Å². The van der Waals surface area contributed by atoms with Crippen LogP contribution in [0.25, 0.3) is 11.1 Å². The maximum atomic E-state index is 12.3. The first kappa shape index (κ1) is 28.7. The maximum absolute atomic E-state index is 12.3. The van der Waals surface area contributed by atoms with Crippen LogP contribution in [0, 0.1) is 0 Å². The van der Waals surface area contributed by atoms with Gasteiger partial charge in [0, 0.05) is 0 Å². The van der Waals surface area contributed by atoms with Crippen LogP contribution >= 0.6 is 0 Å². The summed E-state index contributed by atoms with van der Waals surface area (Å²) < 4.78 is 16.9. The molecule has 0 aliphatic heterocycles.